The number of ether oxygens (including phenoxy) is 1. The first kappa shape index (κ1) is 29.7. The van der Waals surface area contributed by atoms with Gasteiger partial charge in [-0.1, -0.05) is 30.3 Å². The summed E-state index contributed by atoms with van der Waals surface area (Å²) >= 11 is 1.51. The molecule has 228 valence electrons. The number of carbonyl (C=O) groups excluding carboxylic acids is 3. The van der Waals surface area contributed by atoms with Gasteiger partial charge in [-0.15, -0.1) is 11.3 Å². The number of urea groups is 1. The fourth-order valence-corrected chi connectivity index (χ4v) is 7.56. The largest absolute Gasteiger partial charge is 0.497 e. The molecule has 0 bridgehead atoms. The fourth-order valence-electron chi connectivity index (χ4n) is 6.46. The number of aryl methyl sites for hydroxylation is 2. The van der Waals surface area contributed by atoms with E-state index in [1.54, 1.807) is 43.2 Å². The number of hydrogen-bond acceptors (Lipinski definition) is 7. The van der Waals surface area contributed by atoms with Crippen LogP contribution in [0.1, 0.15) is 44.3 Å². The van der Waals surface area contributed by atoms with Crippen LogP contribution in [0.3, 0.4) is 0 Å². The molecule has 0 spiro atoms. The van der Waals surface area contributed by atoms with Gasteiger partial charge in [0.1, 0.15) is 17.6 Å². The summed E-state index contributed by atoms with van der Waals surface area (Å²) < 4.78 is 11.3. The van der Waals surface area contributed by atoms with Gasteiger partial charge in [0.25, 0.3) is 0 Å². The first-order valence-corrected chi connectivity index (χ1v) is 15.7. The van der Waals surface area contributed by atoms with Crippen LogP contribution in [-0.4, -0.2) is 66.9 Å². The number of hydrogen-bond donors (Lipinski definition) is 2. The fraction of sp³-hybridized carbons (Fsp3) is 0.324. The van der Waals surface area contributed by atoms with Crippen LogP contribution in [0.25, 0.3) is 0 Å². The molecule has 2 aromatic carbocycles. The van der Waals surface area contributed by atoms with Crippen molar-refractivity contribution < 1.29 is 23.5 Å². The van der Waals surface area contributed by atoms with Crippen molar-refractivity contribution in [3.8, 4) is 5.75 Å². The Labute approximate surface area is 260 Å². The minimum atomic E-state index is -0.939. The summed E-state index contributed by atoms with van der Waals surface area (Å²) in [6.07, 6.45) is 0. The maximum atomic E-state index is 14.7. The van der Waals surface area contributed by atoms with E-state index in [0.29, 0.717) is 43.4 Å². The van der Waals surface area contributed by atoms with Crippen molar-refractivity contribution in [1.82, 2.24) is 15.1 Å². The van der Waals surface area contributed by atoms with Gasteiger partial charge in [0.2, 0.25) is 11.7 Å². The van der Waals surface area contributed by atoms with Gasteiger partial charge >= 0.3 is 6.03 Å². The smallest absolute Gasteiger partial charge is 0.323 e. The van der Waals surface area contributed by atoms with Gasteiger partial charge in [-0.25, -0.2) is 4.79 Å². The highest BCUT2D eigenvalue weighted by Gasteiger charge is 2.59. The number of para-hydroxylation sites is 1. The van der Waals surface area contributed by atoms with Gasteiger partial charge in [-0.3, -0.25) is 9.59 Å². The van der Waals surface area contributed by atoms with Crippen molar-refractivity contribution in [3.63, 3.8) is 0 Å². The third-order valence-electron chi connectivity index (χ3n) is 8.56. The van der Waals surface area contributed by atoms with Crippen molar-refractivity contribution in [3.05, 3.63) is 106 Å². The number of thiophene rings is 1. The van der Waals surface area contributed by atoms with E-state index in [0.717, 1.165) is 16.0 Å². The van der Waals surface area contributed by atoms with Crippen LogP contribution < -0.4 is 15.4 Å². The van der Waals surface area contributed by atoms with E-state index in [9.17, 15) is 14.4 Å². The Morgan fingerprint density at radius 3 is 2.30 bits per heavy atom. The second-order valence-corrected chi connectivity index (χ2v) is 12.2. The summed E-state index contributed by atoms with van der Waals surface area (Å²) in [5.74, 6) is -0.349. The van der Waals surface area contributed by atoms with Crippen LogP contribution in [0, 0.1) is 19.8 Å². The minimum absolute atomic E-state index is 0.169. The van der Waals surface area contributed by atoms with E-state index in [1.165, 1.54) is 11.3 Å². The lowest BCUT2D eigenvalue weighted by Crippen LogP contribution is -2.55. The molecule has 6 rings (SSSR count). The third-order valence-corrected chi connectivity index (χ3v) is 9.68. The van der Waals surface area contributed by atoms with Crippen molar-refractivity contribution in [1.29, 1.82) is 0 Å². The van der Waals surface area contributed by atoms with Gasteiger partial charge < -0.3 is 29.6 Å². The summed E-state index contributed by atoms with van der Waals surface area (Å²) in [5.41, 5.74) is 2.30. The number of nitrogens with zero attached hydrogens (tertiary/aromatic N) is 2. The third kappa shape index (κ3) is 5.62. The summed E-state index contributed by atoms with van der Waals surface area (Å²) in [7, 11) is 1.59. The normalized spacial score (nSPS) is 21.7. The molecule has 4 aromatic rings. The maximum absolute atomic E-state index is 14.7. The predicted molar refractivity (Wildman–Crippen MR) is 169 cm³/mol. The van der Waals surface area contributed by atoms with Crippen molar-refractivity contribution in [2.75, 3.05) is 38.6 Å². The Balaban J connectivity index is 1.57. The van der Waals surface area contributed by atoms with Crippen molar-refractivity contribution in [2.24, 2.45) is 5.92 Å². The molecule has 0 saturated carbocycles. The molecule has 2 aliphatic rings. The second kappa shape index (κ2) is 12.7. The van der Waals surface area contributed by atoms with E-state index in [1.807, 2.05) is 65.7 Å². The number of likely N-dealkylation sites (tertiary alicyclic amines) is 1. The number of methoxy groups -OCH3 is 1. The number of rotatable bonds is 7. The molecule has 2 aromatic heterocycles. The highest BCUT2D eigenvalue weighted by atomic mass is 32.1. The zero-order valence-corrected chi connectivity index (χ0v) is 25.8. The van der Waals surface area contributed by atoms with Crippen LogP contribution in [0.5, 0.6) is 5.75 Å². The van der Waals surface area contributed by atoms with Crippen LogP contribution in [-0.2, 0) is 4.79 Å². The van der Waals surface area contributed by atoms with E-state index < -0.39 is 30.0 Å². The average Bonchev–Trinajstić information content (AvgIpc) is 3.77. The van der Waals surface area contributed by atoms with Gasteiger partial charge in [-0.05, 0) is 72.8 Å². The summed E-state index contributed by atoms with van der Waals surface area (Å²) in [6, 6.07) is 19.8. The molecule has 0 aliphatic carbocycles. The molecule has 44 heavy (non-hydrogen) atoms. The Kier molecular flexibility index (Phi) is 8.54. The second-order valence-electron chi connectivity index (χ2n) is 11.2. The predicted octanol–water partition coefficient (Wildman–Crippen LogP) is 5.64. The Morgan fingerprint density at radius 2 is 1.68 bits per heavy atom. The van der Waals surface area contributed by atoms with Gasteiger partial charge in [0.05, 0.1) is 19.1 Å². The molecular weight excluding hydrogens is 576 g/mol. The van der Waals surface area contributed by atoms with E-state index in [2.05, 4.69) is 10.6 Å². The van der Waals surface area contributed by atoms with E-state index >= 15 is 0 Å². The van der Waals surface area contributed by atoms with Gasteiger partial charge in [-0.2, -0.15) is 0 Å². The van der Waals surface area contributed by atoms with Crippen LogP contribution in [0.2, 0.25) is 0 Å². The number of furan rings is 1. The molecule has 4 atom stereocenters. The molecule has 10 heteroatoms. The molecule has 3 amide bonds. The first-order valence-electron chi connectivity index (χ1n) is 14.8. The number of carbonyl (C=O) groups is 3. The van der Waals surface area contributed by atoms with E-state index in [4.69, 9.17) is 9.15 Å². The number of nitrogens with one attached hydrogen (secondary N) is 2. The Morgan fingerprint density at radius 1 is 0.955 bits per heavy atom. The number of anilines is 1. The number of amides is 3. The van der Waals surface area contributed by atoms with E-state index in [-0.39, 0.29) is 17.5 Å². The molecule has 2 fully saturated rings. The first-order chi connectivity index (χ1) is 21.4. The van der Waals surface area contributed by atoms with Crippen LogP contribution >= 0.6 is 11.3 Å². The number of benzene rings is 2. The number of Topliss-reactive ketones (excluding diaryl/α,β-unsaturated/α-hetero) is 1. The Hall–Kier alpha value is -4.41. The summed E-state index contributed by atoms with van der Waals surface area (Å²) in [5, 5.41) is 8.31. The van der Waals surface area contributed by atoms with Crippen LogP contribution in [0.15, 0.2) is 82.6 Å². The molecular formula is C34H36N4O5S. The maximum Gasteiger partial charge on any atom is 0.323 e. The lowest BCUT2D eigenvalue weighted by atomic mass is 9.79. The molecule has 4 unspecified atom stereocenters. The molecule has 0 radical (unpaired) electrons. The highest BCUT2D eigenvalue weighted by molar-refractivity contribution is 7.10. The quantitative estimate of drug-likeness (QED) is 0.262. The molecule has 4 heterocycles. The van der Waals surface area contributed by atoms with Crippen molar-refractivity contribution in [2.45, 2.75) is 31.8 Å². The molecule has 2 aliphatic heterocycles. The van der Waals surface area contributed by atoms with Crippen molar-refractivity contribution >= 4 is 34.7 Å². The average molecular weight is 613 g/mol. The van der Waals surface area contributed by atoms with Gasteiger partial charge in [0.15, 0.2) is 5.76 Å². The zero-order valence-electron chi connectivity index (χ0n) is 25.0. The topological polar surface area (TPSA) is 104 Å². The highest BCUT2D eigenvalue weighted by Crippen LogP contribution is 2.53. The molecule has 9 nitrogen and oxygen atoms in total. The zero-order chi connectivity index (χ0) is 30.8. The van der Waals surface area contributed by atoms with Crippen LogP contribution in [0.4, 0.5) is 10.5 Å². The standard InChI is InChI=1S/C34H36N4O5S/c1-21-15-20-44-32(21)28-27(31(39)26-14-9-22(2)43-26)29(23-10-12-25(42-3)13-11-23)38(34(41)36-24-7-5-4-6-8-24)30(28)33(40)37-18-16-35-17-19-37/h4-15,20,27-30,35H,16-19H2,1-3H3,(H,36,41). The summed E-state index contributed by atoms with van der Waals surface area (Å²) in [4.78, 5) is 48.2. The summed E-state index contributed by atoms with van der Waals surface area (Å²) in [6.45, 7) is 6.14. The monoisotopic (exact) mass is 612 g/mol. The lowest BCUT2D eigenvalue weighted by molar-refractivity contribution is -0.136. The SMILES string of the molecule is COc1ccc(C2C(C(=O)c3ccc(C)o3)C(c3sccc3C)C(C(=O)N3CCNCC3)N2C(=O)Nc2ccccc2)cc1. The molecule has 2 N–H and O–H groups in total. The lowest BCUT2D eigenvalue weighted by Gasteiger charge is -2.36. The molecule has 2 saturated heterocycles. The van der Waals surface area contributed by atoms with Gasteiger partial charge in [0, 0.05) is 42.7 Å². The Bertz CT molecular complexity index is 1630. The number of ketones is 1. The number of piperazine rings is 1. The minimum Gasteiger partial charge on any atom is -0.497 e.